The van der Waals surface area contributed by atoms with Gasteiger partial charge in [-0.3, -0.25) is 19.7 Å². The molecule has 0 fully saturated rings. The highest BCUT2D eigenvalue weighted by Gasteiger charge is 2.25. The average Bonchev–Trinajstić information content (AvgIpc) is 3.11. The van der Waals surface area contributed by atoms with Crippen LogP contribution in [0.5, 0.6) is 0 Å². The topological polar surface area (TPSA) is 99.8 Å². The number of hydrogen-bond acceptors (Lipinski definition) is 4. The molecule has 0 saturated carbocycles. The van der Waals surface area contributed by atoms with Crippen LogP contribution in [0.4, 0.5) is 5.69 Å². The van der Waals surface area contributed by atoms with Crippen LogP contribution in [0.15, 0.2) is 42.7 Å². The van der Waals surface area contributed by atoms with Crippen LogP contribution in [-0.2, 0) is 11.2 Å². The number of anilines is 1. The second-order valence-electron chi connectivity index (χ2n) is 7.73. The number of aromatic amines is 1. The summed E-state index contributed by atoms with van der Waals surface area (Å²) < 4.78 is 0. The number of hydrogen-bond donors (Lipinski definition) is 3. The van der Waals surface area contributed by atoms with Crippen LogP contribution >= 0.6 is 0 Å². The van der Waals surface area contributed by atoms with Crippen LogP contribution in [0.3, 0.4) is 0 Å². The Hall–Kier alpha value is -3.22. The molecule has 3 N–H and O–H groups in total. The first-order chi connectivity index (χ1) is 13.3. The summed E-state index contributed by atoms with van der Waals surface area (Å²) in [6.45, 7) is 8.03. The fourth-order valence-corrected chi connectivity index (χ4v) is 2.70. The van der Waals surface area contributed by atoms with E-state index in [-0.39, 0.29) is 35.4 Å². The highest BCUT2D eigenvalue weighted by atomic mass is 16.2. The minimum absolute atomic E-state index is 0.172. The SMILES string of the molecule is CC(C)C(C)(C)NC(=O)c1cc(NC(=O)Cc2cccc3[nH]ncc23)ccn1. The molecule has 0 bridgehead atoms. The van der Waals surface area contributed by atoms with Gasteiger partial charge >= 0.3 is 0 Å². The Bertz CT molecular complexity index is 1010. The Balaban J connectivity index is 1.69. The third-order valence-electron chi connectivity index (χ3n) is 5.08. The quantitative estimate of drug-likeness (QED) is 0.612. The van der Waals surface area contributed by atoms with Crippen molar-refractivity contribution in [3.63, 3.8) is 0 Å². The van der Waals surface area contributed by atoms with Gasteiger partial charge in [0, 0.05) is 22.8 Å². The predicted octanol–water partition coefficient (Wildman–Crippen LogP) is 3.30. The van der Waals surface area contributed by atoms with Crippen molar-refractivity contribution in [2.45, 2.75) is 39.7 Å². The van der Waals surface area contributed by atoms with Gasteiger partial charge in [0.05, 0.1) is 18.1 Å². The molecule has 0 aliphatic heterocycles. The van der Waals surface area contributed by atoms with Crippen LogP contribution in [0.1, 0.15) is 43.7 Å². The van der Waals surface area contributed by atoms with Crippen LogP contribution < -0.4 is 10.6 Å². The summed E-state index contributed by atoms with van der Waals surface area (Å²) in [5.41, 5.74) is 2.21. The third-order valence-corrected chi connectivity index (χ3v) is 5.08. The van der Waals surface area contributed by atoms with Gasteiger partial charge in [0.25, 0.3) is 5.91 Å². The number of amides is 2. The van der Waals surface area contributed by atoms with Crippen molar-refractivity contribution in [1.29, 1.82) is 0 Å². The van der Waals surface area contributed by atoms with E-state index in [1.807, 2.05) is 45.9 Å². The molecule has 0 unspecified atom stereocenters. The van der Waals surface area contributed by atoms with Crippen molar-refractivity contribution < 1.29 is 9.59 Å². The molecule has 3 rings (SSSR count). The van der Waals surface area contributed by atoms with Gasteiger partial charge in [-0.2, -0.15) is 5.10 Å². The molecular formula is C21H25N5O2. The summed E-state index contributed by atoms with van der Waals surface area (Å²) >= 11 is 0. The van der Waals surface area contributed by atoms with Crippen molar-refractivity contribution in [3.05, 3.63) is 54.0 Å². The molecule has 2 amide bonds. The van der Waals surface area contributed by atoms with Crippen LogP contribution in [0.25, 0.3) is 10.9 Å². The number of H-pyrrole nitrogens is 1. The number of carbonyl (C=O) groups excluding carboxylic acids is 2. The normalized spacial score (nSPS) is 11.6. The van der Waals surface area contributed by atoms with E-state index in [0.717, 1.165) is 16.5 Å². The molecule has 0 aliphatic carbocycles. The van der Waals surface area contributed by atoms with Gasteiger partial charge in [0.2, 0.25) is 5.91 Å². The maximum Gasteiger partial charge on any atom is 0.270 e. The van der Waals surface area contributed by atoms with E-state index in [9.17, 15) is 9.59 Å². The van der Waals surface area contributed by atoms with Gasteiger partial charge in [-0.15, -0.1) is 0 Å². The summed E-state index contributed by atoms with van der Waals surface area (Å²) in [5.74, 6) is -0.170. The number of carbonyl (C=O) groups is 2. The van der Waals surface area contributed by atoms with Gasteiger partial charge in [-0.25, -0.2) is 0 Å². The molecule has 146 valence electrons. The number of benzene rings is 1. The van der Waals surface area contributed by atoms with Gasteiger partial charge in [-0.05, 0) is 43.5 Å². The molecule has 2 heterocycles. The Kier molecular flexibility index (Phi) is 5.44. The predicted molar refractivity (Wildman–Crippen MR) is 109 cm³/mol. The molecule has 1 aromatic carbocycles. The van der Waals surface area contributed by atoms with E-state index in [0.29, 0.717) is 5.69 Å². The number of nitrogens with one attached hydrogen (secondary N) is 3. The third kappa shape index (κ3) is 4.36. The fraction of sp³-hybridized carbons (Fsp3) is 0.333. The molecule has 0 atom stereocenters. The molecule has 0 radical (unpaired) electrons. The average molecular weight is 379 g/mol. The molecule has 7 heteroatoms. The lowest BCUT2D eigenvalue weighted by molar-refractivity contribution is -0.115. The first-order valence-corrected chi connectivity index (χ1v) is 9.25. The zero-order valence-electron chi connectivity index (χ0n) is 16.5. The van der Waals surface area contributed by atoms with Gasteiger partial charge in [0.1, 0.15) is 5.69 Å². The Morgan fingerprint density at radius 2 is 2.00 bits per heavy atom. The van der Waals surface area contributed by atoms with E-state index >= 15 is 0 Å². The van der Waals surface area contributed by atoms with Gasteiger partial charge < -0.3 is 10.6 Å². The molecule has 0 aliphatic rings. The molecular weight excluding hydrogens is 354 g/mol. The number of aromatic nitrogens is 3. The Morgan fingerprint density at radius 1 is 1.21 bits per heavy atom. The van der Waals surface area contributed by atoms with E-state index in [4.69, 9.17) is 0 Å². The van der Waals surface area contributed by atoms with Crippen LogP contribution in [-0.4, -0.2) is 32.5 Å². The second kappa shape index (κ2) is 7.80. The van der Waals surface area contributed by atoms with Crippen molar-refractivity contribution >= 4 is 28.4 Å². The molecule has 3 aromatic rings. The summed E-state index contributed by atoms with van der Waals surface area (Å²) in [4.78, 5) is 29.1. The van der Waals surface area contributed by atoms with E-state index in [1.54, 1.807) is 18.3 Å². The Labute approximate surface area is 163 Å². The monoisotopic (exact) mass is 379 g/mol. The Morgan fingerprint density at radius 3 is 2.75 bits per heavy atom. The number of rotatable bonds is 6. The first kappa shape index (κ1) is 19.5. The van der Waals surface area contributed by atoms with E-state index < -0.39 is 0 Å². The number of fused-ring (bicyclic) bond motifs is 1. The number of nitrogens with zero attached hydrogens (tertiary/aromatic N) is 2. The molecule has 0 saturated heterocycles. The van der Waals surface area contributed by atoms with Crippen molar-refractivity contribution in [2.24, 2.45) is 5.92 Å². The van der Waals surface area contributed by atoms with Crippen molar-refractivity contribution in [1.82, 2.24) is 20.5 Å². The van der Waals surface area contributed by atoms with Crippen LogP contribution in [0, 0.1) is 5.92 Å². The second-order valence-corrected chi connectivity index (χ2v) is 7.73. The van der Waals surface area contributed by atoms with Gasteiger partial charge in [0.15, 0.2) is 0 Å². The lowest BCUT2D eigenvalue weighted by Gasteiger charge is -2.30. The zero-order valence-corrected chi connectivity index (χ0v) is 16.5. The molecule has 7 nitrogen and oxygen atoms in total. The molecule has 28 heavy (non-hydrogen) atoms. The fourth-order valence-electron chi connectivity index (χ4n) is 2.70. The maximum absolute atomic E-state index is 12.5. The smallest absolute Gasteiger partial charge is 0.270 e. The highest BCUT2D eigenvalue weighted by molar-refractivity contribution is 5.97. The highest BCUT2D eigenvalue weighted by Crippen LogP contribution is 2.18. The summed E-state index contributed by atoms with van der Waals surface area (Å²) in [6, 6.07) is 8.95. The number of pyridine rings is 1. The summed E-state index contributed by atoms with van der Waals surface area (Å²) in [7, 11) is 0. The molecule has 2 aromatic heterocycles. The van der Waals surface area contributed by atoms with Crippen molar-refractivity contribution in [2.75, 3.05) is 5.32 Å². The van der Waals surface area contributed by atoms with Gasteiger partial charge in [-0.1, -0.05) is 26.0 Å². The van der Waals surface area contributed by atoms with E-state index in [1.165, 1.54) is 6.20 Å². The minimum atomic E-state index is -0.360. The van der Waals surface area contributed by atoms with E-state index in [2.05, 4.69) is 25.8 Å². The minimum Gasteiger partial charge on any atom is -0.346 e. The standard InChI is InChI=1S/C21H25N5O2/c1-13(2)21(3,4)25-20(28)18-11-15(8-9-22-18)24-19(27)10-14-6-5-7-17-16(14)12-23-26-17/h5-9,11-13H,10H2,1-4H3,(H,23,26)(H,25,28)(H,22,24,27). The molecule has 0 spiro atoms. The van der Waals surface area contributed by atoms with Crippen LogP contribution in [0.2, 0.25) is 0 Å². The lowest BCUT2D eigenvalue weighted by Crippen LogP contribution is -2.47. The summed E-state index contributed by atoms with van der Waals surface area (Å²) in [5, 5.41) is 13.7. The lowest BCUT2D eigenvalue weighted by atomic mass is 9.90. The largest absolute Gasteiger partial charge is 0.346 e. The van der Waals surface area contributed by atoms with Crippen molar-refractivity contribution in [3.8, 4) is 0 Å². The first-order valence-electron chi connectivity index (χ1n) is 9.25. The maximum atomic E-state index is 12.5. The zero-order chi connectivity index (χ0) is 20.3. The summed E-state index contributed by atoms with van der Waals surface area (Å²) in [6.07, 6.45) is 3.44.